The maximum Gasteiger partial charge on any atom is 0.229 e. The summed E-state index contributed by atoms with van der Waals surface area (Å²) in [7, 11) is 0. The van der Waals surface area contributed by atoms with Crippen molar-refractivity contribution < 1.29 is 4.42 Å². The highest BCUT2D eigenvalue weighted by atomic mass is 16.3. The van der Waals surface area contributed by atoms with Crippen LogP contribution in [0.4, 0.5) is 0 Å². The second kappa shape index (κ2) is 10.9. The zero-order chi connectivity index (χ0) is 28.6. The lowest BCUT2D eigenvalue weighted by Gasteiger charge is -2.13. The van der Waals surface area contributed by atoms with Crippen LogP contribution < -0.4 is 0 Å². The summed E-state index contributed by atoms with van der Waals surface area (Å²) < 4.78 is 5.65. The van der Waals surface area contributed by atoms with E-state index in [4.69, 9.17) is 9.40 Å². The molecular weight excluding hydrogens is 496 g/mol. The predicted molar refractivity (Wildman–Crippen MR) is 159 cm³/mol. The first-order valence-electron chi connectivity index (χ1n) is 13.5. The van der Waals surface area contributed by atoms with E-state index in [-0.39, 0.29) is 0 Å². The Labute approximate surface area is 234 Å². The fraction of sp³-hybridized carbons (Fsp3) is 0.273. The molecule has 0 saturated carbocycles. The molecule has 202 valence electrons. The average molecular weight is 531 g/mol. The first-order valence-corrected chi connectivity index (χ1v) is 13.5. The Morgan fingerprint density at radius 3 is 2.05 bits per heavy atom. The summed E-state index contributed by atoms with van der Waals surface area (Å²) in [6.07, 6.45) is 8.65. The fourth-order valence-corrected chi connectivity index (χ4v) is 5.22. The Bertz CT molecular complexity index is 1840. The van der Waals surface area contributed by atoms with Gasteiger partial charge >= 0.3 is 0 Å². The fourth-order valence-electron chi connectivity index (χ4n) is 5.22. The Balaban J connectivity index is 0.000000131. The van der Waals surface area contributed by atoms with Gasteiger partial charge in [0.1, 0.15) is 0 Å². The molecular formula is C33H34N6O. The maximum absolute atomic E-state index is 5.65. The first-order chi connectivity index (χ1) is 19.2. The van der Waals surface area contributed by atoms with Crippen LogP contribution in [-0.2, 0) is 0 Å². The van der Waals surface area contributed by atoms with Gasteiger partial charge in [0.2, 0.25) is 11.4 Å². The molecule has 1 aliphatic carbocycles. The number of hydrogen-bond acceptors (Lipinski definition) is 7. The second-order valence-corrected chi connectivity index (χ2v) is 10.3. The van der Waals surface area contributed by atoms with Crippen LogP contribution in [0.5, 0.6) is 0 Å². The van der Waals surface area contributed by atoms with E-state index in [0.29, 0.717) is 17.3 Å². The Hall–Kier alpha value is -4.52. The van der Waals surface area contributed by atoms with E-state index < -0.39 is 0 Å². The van der Waals surface area contributed by atoms with Gasteiger partial charge in [-0.05, 0) is 100 Å². The summed E-state index contributed by atoms with van der Waals surface area (Å²) in [6, 6.07) is 8.12. The van der Waals surface area contributed by atoms with Crippen molar-refractivity contribution in [1.82, 2.24) is 29.9 Å². The number of nitrogens with zero attached hydrogens (tertiary/aromatic N) is 6. The highest BCUT2D eigenvalue weighted by molar-refractivity contribution is 6.04. The minimum Gasteiger partial charge on any atom is -0.419 e. The molecule has 7 heteroatoms. The molecule has 6 aromatic heterocycles. The van der Waals surface area contributed by atoms with Crippen molar-refractivity contribution in [2.24, 2.45) is 0 Å². The van der Waals surface area contributed by atoms with Crippen LogP contribution in [0.1, 0.15) is 63.3 Å². The lowest BCUT2D eigenvalue weighted by Crippen LogP contribution is -2.00. The molecule has 0 amide bonds. The molecule has 1 atom stereocenters. The van der Waals surface area contributed by atoms with E-state index >= 15 is 0 Å². The molecule has 6 heterocycles. The van der Waals surface area contributed by atoms with Gasteiger partial charge in [-0.1, -0.05) is 13.0 Å². The van der Waals surface area contributed by atoms with Gasteiger partial charge in [0, 0.05) is 48.3 Å². The molecule has 0 spiro atoms. The predicted octanol–water partition coefficient (Wildman–Crippen LogP) is 7.62. The van der Waals surface area contributed by atoms with Crippen LogP contribution in [-0.4, -0.2) is 29.9 Å². The van der Waals surface area contributed by atoms with Gasteiger partial charge in [-0.15, -0.1) is 0 Å². The van der Waals surface area contributed by atoms with Crippen LogP contribution in [0.3, 0.4) is 0 Å². The largest absolute Gasteiger partial charge is 0.419 e. The summed E-state index contributed by atoms with van der Waals surface area (Å²) >= 11 is 0. The normalized spacial score (nSPS) is 13.2. The molecule has 0 fully saturated rings. The Morgan fingerprint density at radius 1 is 0.650 bits per heavy atom. The van der Waals surface area contributed by atoms with Gasteiger partial charge in [0.25, 0.3) is 0 Å². The SMILES string of the molecule is Cc1cnccn1.Cc1nc2c(c(C)c1C)C(C)c1cccnc1-2.Cc1nc2oc3ncccc3c2c(C)c1C. The van der Waals surface area contributed by atoms with Gasteiger partial charge < -0.3 is 4.42 Å². The summed E-state index contributed by atoms with van der Waals surface area (Å²) in [5.41, 5.74) is 14.4. The monoisotopic (exact) mass is 530 g/mol. The van der Waals surface area contributed by atoms with E-state index in [1.165, 1.54) is 33.4 Å². The Kier molecular flexibility index (Phi) is 7.39. The van der Waals surface area contributed by atoms with Crippen LogP contribution in [0.2, 0.25) is 0 Å². The molecule has 1 unspecified atom stereocenters. The van der Waals surface area contributed by atoms with Crippen molar-refractivity contribution in [3.8, 4) is 11.4 Å². The van der Waals surface area contributed by atoms with Crippen LogP contribution in [0.15, 0.2) is 59.7 Å². The van der Waals surface area contributed by atoms with Crippen molar-refractivity contribution in [2.75, 3.05) is 0 Å². The summed E-state index contributed by atoms with van der Waals surface area (Å²) in [4.78, 5) is 25.7. The molecule has 7 nitrogen and oxygen atoms in total. The van der Waals surface area contributed by atoms with Crippen LogP contribution >= 0.6 is 0 Å². The first kappa shape index (κ1) is 27.1. The molecule has 6 aromatic rings. The highest BCUT2D eigenvalue weighted by Gasteiger charge is 2.30. The molecule has 1 aliphatic rings. The van der Waals surface area contributed by atoms with Gasteiger partial charge in [-0.25, -0.2) is 9.97 Å². The molecule has 0 saturated heterocycles. The van der Waals surface area contributed by atoms with Gasteiger partial charge in [-0.3, -0.25) is 19.9 Å². The number of aryl methyl sites for hydroxylation is 4. The van der Waals surface area contributed by atoms with Crippen LogP contribution in [0.25, 0.3) is 33.6 Å². The molecule has 40 heavy (non-hydrogen) atoms. The van der Waals surface area contributed by atoms with Gasteiger partial charge in [0.05, 0.1) is 27.9 Å². The number of furan rings is 1. The summed E-state index contributed by atoms with van der Waals surface area (Å²) in [5.74, 6) is 0.417. The van der Waals surface area contributed by atoms with Crippen molar-refractivity contribution in [3.63, 3.8) is 0 Å². The topological polar surface area (TPSA) is 90.5 Å². The number of rotatable bonds is 0. The number of aromatic nitrogens is 6. The quantitative estimate of drug-likeness (QED) is 0.199. The van der Waals surface area contributed by atoms with Crippen molar-refractivity contribution in [2.45, 2.75) is 61.3 Å². The lowest BCUT2D eigenvalue weighted by molar-refractivity contribution is 0.638. The number of hydrogen-bond donors (Lipinski definition) is 0. The third kappa shape index (κ3) is 4.83. The van der Waals surface area contributed by atoms with E-state index in [9.17, 15) is 0 Å². The molecule has 0 aliphatic heterocycles. The van der Waals surface area contributed by atoms with E-state index in [1.807, 2.05) is 38.2 Å². The number of fused-ring (bicyclic) bond motifs is 6. The molecule has 0 N–H and O–H groups in total. The minimum absolute atomic E-state index is 0.417. The molecule has 7 rings (SSSR count). The maximum atomic E-state index is 5.65. The van der Waals surface area contributed by atoms with E-state index in [2.05, 4.69) is 72.5 Å². The third-order valence-electron chi connectivity index (χ3n) is 7.90. The van der Waals surface area contributed by atoms with Crippen molar-refractivity contribution in [1.29, 1.82) is 0 Å². The standard InChI is InChI=1S/C15H16N2.C13H12N2O.C5H6N2/c1-8-9(2)13-10(3)12-6-5-7-16-14(12)15(13)17-11(8)4;1-7-8(2)11-10-5-4-6-14-12(10)16-13(11)15-9(7)3;1-5-4-6-2-3-7-5/h5-7,10H,1-4H3;4-6H,1-3H3;2-4H,1H3. The molecule has 0 aromatic carbocycles. The molecule has 0 radical (unpaired) electrons. The van der Waals surface area contributed by atoms with Crippen LogP contribution in [0, 0.1) is 48.5 Å². The van der Waals surface area contributed by atoms with Crippen molar-refractivity contribution in [3.05, 3.63) is 106 Å². The smallest absolute Gasteiger partial charge is 0.229 e. The number of pyridine rings is 4. The zero-order valence-electron chi connectivity index (χ0n) is 24.4. The van der Waals surface area contributed by atoms with Crippen molar-refractivity contribution >= 4 is 22.2 Å². The van der Waals surface area contributed by atoms with E-state index in [0.717, 1.165) is 39.2 Å². The Morgan fingerprint density at radius 2 is 1.35 bits per heavy atom. The second-order valence-electron chi connectivity index (χ2n) is 10.3. The highest BCUT2D eigenvalue weighted by Crippen LogP contribution is 2.44. The van der Waals surface area contributed by atoms with Gasteiger partial charge in [-0.2, -0.15) is 0 Å². The lowest BCUT2D eigenvalue weighted by atomic mass is 9.94. The summed E-state index contributed by atoms with van der Waals surface area (Å²) in [5, 5.41) is 2.14. The third-order valence-corrected chi connectivity index (χ3v) is 7.90. The zero-order valence-corrected chi connectivity index (χ0v) is 24.4. The minimum atomic E-state index is 0.417. The molecule has 0 bridgehead atoms. The summed E-state index contributed by atoms with van der Waals surface area (Å²) in [6.45, 7) is 16.8. The van der Waals surface area contributed by atoms with E-state index in [1.54, 1.807) is 24.8 Å². The average Bonchev–Trinajstić information content (AvgIpc) is 3.46. The van der Waals surface area contributed by atoms with Gasteiger partial charge in [0.15, 0.2) is 0 Å².